The highest BCUT2D eigenvalue weighted by Crippen LogP contribution is 2.19. The number of halogens is 1. The first-order chi connectivity index (χ1) is 8.85. The molecule has 0 aromatic heterocycles. The molecule has 1 fully saturated rings. The van der Waals surface area contributed by atoms with Crippen molar-refractivity contribution in [2.45, 2.75) is 57.7 Å². The number of rotatable bonds is 6. The average Bonchev–Trinajstić information content (AvgIpc) is 2.38. The van der Waals surface area contributed by atoms with Crippen LogP contribution in [-0.4, -0.2) is 43.9 Å². The van der Waals surface area contributed by atoms with Gasteiger partial charge in [-0.25, -0.2) is 0 Å². The van der Waals surface area contributed by atoms with Gasteiger partial charge < -0.3 is 20.5 Å². The van der Waals surface area contributed by atoms with Crippen molar-refractivity contribution in [3.8, 4) is 0 Å². The van der Waals surface area contributed by atoms with Gasteiger partial charge >= 0.3 is 0 Å². The minimum absolute atomic E-state index is 0. The second kappa shape index (κ2) is 8.82. The molecule has 2 unspecified atom stereocenters. The smallest absolute Gasteiger partial charge is 0.237 e. The molecule has 6 heteroatoms. The van der Waals surface area contributed by atoms with Gasteiger partial charge in [0.15, 0.2) is 0 Å². The van der Waals surface area contributed by atoms with Gasteiger partial charge in [-0.1, -0.05) is 0 Å². The van der Waals surface area contributed by atoms with E-state index in [1.54, 1.807) is 7.11 Å². The summed E-state index contributed by atoms with van der Waals surface area (Å²) in [5.74, 6) is 0.169. The van der Waals surface area contributed by atoms with Gasteiger partial charge in [-0.3, -0.25) is 4.79 Å². The van der Waals surface area contributed by atoms with E-state index in [1.807, 2.05) is 20.8 Å². The lowest BCUT2D eigenvalue weighted by atomic mass is 9.91. The van der Waals surface area contributed by atoms with Crippen molar-refractivity contribution < 1.29 is 14.3 Å². The Kier molecular flexibility index (Phi) is 8.66. The highest BCUT2D eigenvalue weighted by molar-refractivity contribution is 5.85. The van der Waals surface area contributed by atoms with Crippen LogP contribution in [0.15, 0.2) is 0 Å². The molecule has 2 atom stereocenters. The first kappa shape index (κ1) is 19.6. The Bertz CT molecular complexity index is 294. The molecular weight excluding hydrogens is 280 g/mol. The van der Waals surface area contributed by atoms with Crippen molar-refractivity contribution in [2.24, 2.45) is 11.7 Å². The van der Waals surface area contributed by atoms with E-state index in [0.29, 0.717) is 13.2 Å². The van der Waals surface area contributed by atoms with Crippen LogP contribution in [0.5, 0.6) is 0 Å². The van der Waals surface area contributed by atoms with Gasteiger partial charge in [-0.15, -0.1) is 12.4 Å². The molecule has 20 heavy (non-hydrogen) atoms. The fourth-order valence-corrected chi connectivity index (χ4v) is 2.50. The molecule has 0 aromatic rings. The maximum Gasteiger partial charge on any atom is 0.237 e. The predicted octanol–water partition coefficient (Wildman–Crippen LogP) is 1.48. The van der Waals surface area contributed by atoms with E-state index in [2.05, 4.69) is 5.32 Å². The molecule has 0 aromatic carbocycles. The van der Waals surface area contributed by atoms with E-state index >= 15 is 0 Å². The van der Waals surface area contributed by atoms with Crippen LogP contribution in [0.25, 0.3) is 0 Å². The molecule has 5 nitrogen and oxygen atoms in total. The second-order valence-electron chi connectivity index (χ2n) is 6.05. The second-order valence-corrected chi connectivity index (χ2v) is 6.05. The van der Waals surface area contributed by atoms with Gasteiger partial charge in [0.1, 0.15) is 0 Å². The summed E-state index contributed by atoms with van der Waals surface area (Å²) in [7, 11) is 1.68. The summed E-state index contributed by atoms with van der Waals surface area (Å²) in [5.41, 5.74) is 5.80. The lowest BCUT2D eigenvalue weighted by Crippen LogP contribution is -2.50. The summed E-state index contributed by atoms with van der Waals surface area (Å²) in [6.45, 7) is 7.41. The molecule has 120 valence electrons. The summed E-state index contributed by atoms with van der Waals surface area (Å²) in [6.07, 6.45) is 2.49. The Morgan fingerprint density at radius 1 is 1.45 bits per heavy atom. The number of carbonyl (C=O) groups is 1. The number of nitrogens with one attached hydrogen (secondary N) is 1. The first-order valence-corrected chi connectivity index (χ1v) is 7.04. The first-order valence-electron chi connectivity index (χ1n) is 7.04. The van der Waals surface area contributed by atoms with Crippen molar-refractivity contribution in [3.63, 3.8) is 0 Å². The highest BCUT2D eigenvalue weighted by atomic mass is 35.5. The molecular formula is C14H29ClN2O3. The molecule has 1 amide bonds. The number of carbonyl (C=O) groups excluding carboxylic acids is 1. The molecule has 1 aliphatic rings. The fourth-order valence-electron chi connectivity index (χ4n) is 2.50. The third-order valence-corrected chi connectivity index (χ3v) is 3.82. The maximum atomic E-state index is 12.1. The summed E-state index contributed by atoms with van der Waals surface area (Å²) in [6, 6.07) is -0.384. The SMILES string of the molecule is COC(C)(C)CC(C)NC(=O)C(N)C1CCOCC1.Cl. The number of hydrogen-bond acceptors (Lipinski definition) is 4. The van der Waals surface area contributed by atoms with Crippen LogP contribution in [0.2, 0.25) is 0 Å². The van der Waals surface area contributed by atoms with Crippen molar-refractivity contribution in [1.29, 1.82) is 0 Å². The number of amides is 1. The van der Waals surface area contributed by atoms with Gasteiger partial charge in [0.2, 0.25) is 5.91 Å². The van der Waals surface area contributed by atoms with Crippen molar-refractivity contribution in [1.82, 2.24) is 5.32 Å². The van der Waals surface area contributed by atoms with E-state index in [9.17, 15) is 4.79 Å². The molecule has 0 aliphatic carbocycles. The fraction of sp³-hybridized carbons (Fsp3) is 0.929. The monoisotopic (exact) mass is 308 g/mol. The maximum absolute atomic E-state index is 12.1. The zero-order valence-corrected chi connectivity index (χ0v) is 13.8. The Morgan fingerprint density at radius 2 is 2.00 bits per heavy atom. The normalized spacial score (nSPS) is 19.9. The minimum Gasteiger partial charge on any atom is -0.381 e. The zero-order valence-electron chi connectivity index (χ0n) is 13.0. The number of hydrogen-bond donors (Lipinski definition) is 2. The number of nitrogens with two attached hydrogens (primary N) is 1. The van der Waals surface area contributed by atoms with E-state index in [4.69, 9.17) is 15.2 Å². The van der Waals surface area contributed by atoms with Gasteiger partial charge in [-0.05, 0) is 46.0 Å². The number of methoxy groups -OCH3 is 1. The highest BCUT2D eigenvalue weighted by Gasteiger charge is 2.28. The third-order valence-electron chi connectivity index (χ3n) is 3.82. The topological polar surface area (TPSA) is 73.6 Å². The van der Waals surface area contributed by atoms with Crippen LogP contribution in [0.1, 0.15) is 40.0 Å². The van der Waals surface area contributed by atoms with Gasteiger partial charge in [0.05, 0.1) is 11.6 Å². The quantitative estimate of drug-likeness (QED) is 0.779. The molecule has 3 N–H and O–H groups in total. The third kappa shape index (κ3) is 6.39. The molecule has 1 rings (SSSR count). The molecule has 0 saturated carbocycles. The van der Waals surface area contributed by atoms with Crippen LogP contribution in [0.4, 0.5) is 0 Å². The van der Waals surface area contributed by atoms with Crippen LogP contribution in [0.3, 0.4) is 0 Å². The van der Waals surface area contributed by atoms with E-state index in [1.165, 1.54) is 0 Å². The van der Waals surface area contributed by atoms with E-state index in [0.717, 1.165) is 19.3 Å². The van der Waals surface area contributed by atoms with Crippen molar-refractivity contribution >= 4 is 18.3 Å². The number of ether oxygens (including phenoxy) is 2. The van der Waals surface area contributed by atoms with Crippen LogP contribution < -0.4 is 11.1 Å². The summed E-state index contributed by atoms with van der Waals surface area (Å²) >= 11 is 0. The Morgan fingerprint density at radius 3 is 2.50 bits per heavy atom. The molecule has 0 radical (unpaired) electrons. The van der Waals surface area contributed by atoms with E-state index in [-0.39, 0.29) is 35.9 Å². The lowest BCUT2D eigenvalue weighted by molar-refractivity contribution is -0.125. The van der Waals surface area contributed by atoms with Crippen LogP contribution >= 0.6 is 12.4 Å². The van der Waals surface area contributed by atoms with Crippen molar-refractivity contribution in [3.05, 3.63) is 0 Å². The Hall–Kier alpha value is -0.360. The standard InChI is InChI=1S/C14H28N2O3.ClH/c1-10(9-14(2,3)18-4)16-13(17)12(15)11-5-7-19-8-6-11;/h10-12H,5-9,15H2,1-4H3,(H,16,17);1H. The Balaban J connectivity index is 0.00000361. The predicted molar refractivity (Wildman–Crippen MR) is 82.1 cm³/mol. The van der Waals surface area contributed by atoms with Gasteiger partial charge in [-0.2, -0.15) is 0 Å². The minimum atomic E-state index is -0.433. The van der Waals surface area contributed by atoms with Crippen LogP contribution in [0, 0.1) is 5.92 Å². The van der Waals surface area contributed by atoms with Crippen molar-refractivity contribution in [2.75, 3.05) is 20.3 Å². The molecule has 1 heterocycles. The average molecular weight is 309 g/mol. The molecule has 0 spiro atoms. The zero-order chi connectivity index (χ0) is 14.5. The van der Waals surface area contributed by atoms with Crippen LogP contribution in [-0.2, 0) is 14.3 Å². The molecule has 1 saturated heterocycles. The van der Waals surface area contributed by atoms with Gasteiger partial charge in [0.25, 0.3) is 0 Å². The van der Waals surface area contributed by atoms with Gasteiger partial charge in [0, 0.05) is 26.4 Å². The Labute approximate surface area is 128 Å². The summed E-state index contributed by atoms with van der Waals surface area (Å²) < 4.78 is 10.7. The summed E-state index contributed by atoms with van der Waals surface area (Å²) in [5, 5.41) is 2.98. The molecule has 0 bridgehead atoms. The molecule has 1 aliphatic heterocycles. The van der Waals surface area contributed by atoms with E-state index < -0.39 is 6.04 Å². The summed E-state index contributed by atoms with van der Waals surface area (Å²) in [4.78, 5) is 12.1. The lowest BCUT2D eigenvalue weighted by Gasteiger charge is -2.30. The largest absolute Gasteiger partial charge is 0.381 e.